The number of methoxy groups -OCH3 is 1. The largest absolute Gasteiger partial charge is 0.494 e. The van der Waals surface area contributed by atoms with E-state index in [1.165, 1.54) is 0 Å². The first-order chi connectivity index (χ1) is 16.5. The highest BCUT2D eigenvalue weighted by molar-refractivity contribution is 6.04. The van der Waals surface area contributed by atoms with Crippen molar-refractivity contribution in [2.45, 2.75) is 6.42 Å². The molecule has 1 N–H and O–H groups in total. The zero-order valence-electron chi connectivity index (χ0n) is 19.4. The van der Waals surface area contributed by atoms with E-state index in [-0.39, 0.29) is 11.3 Å². The molecule has 172 valence electrons. The van der Waals surface area contributed by atoms with Crippen molar-refractivity contribution in [3.05, 3.63) is 55.0 Å². The van der Waals surface area contributed by atoms with E-state index in [1.54, 1.807) is 18.1 Å². The quantitative estimate of drug-likeness (QED) is 0.496. The smallest absolute Gasteiger partial charge is 0.232 e. The number of ether oxygens (including phenoxy) is 1. The van der Waals surface area contributed by atoms with Crippen LogP contribution in [0.15, 0.2) is 55.0 Å². The molecule has 2 aromatic carbocycles. The molecule has 4 aromatic rings. The third-order valence-corrected chi connectivity index (χ3v) is 7.10. The summed E-state index contributed by atoms with van der Waals surface area (Å²) >= 11 is 0. The molecule has 1 aliphatic heterocycles. The SMILES string of the molecule is COc1cc2ncnc(-c3cn(C)nc3-c3ccccc3)c2cc1NC(=O)C12CC1CN(C)C2. The van der Waals surface area contributed by atoms with Gasteiger partial charge in [0.15, 0.2) is 0 Å². The van der Waals surface area contributed by atoms with Crippen LogP contribution in [0.1, 0.15) is 6.42 Å². The maximum absolute atomic E-state index is 13.3. The van der Waals surface area contributed by atoms with E-state index in [9.17, 15) is 4.79 Å². The molecule has 1 aliphatic carbocycles. The first kappa shape index (κ1) is 20.8. The van der Waals surface area contributed by atoms with Gasteiger partial charge in [0.1, 0.15) is 17.8 Å². The van der Waals surface area contributed by atoms with Crippen LogP contribution in [0.4, 0.5) is 5.69 Å². The van der Waals surface area contributed by atoms with Crippen LogP contribution in [0.25, 0.3) is 33.4 Å². The minimum Gasteiger partial charge on any atom is -0.494 e. The van der Waals surface area contributed by atoms with Crippen LogP contribution in [-0.4, -0.2) is 57.8 Å². The zero-order valence-corrected chi connectivity index (χ0v) is 19.4. The number of carbonyl (C=O) groups excluding carboxylic acids is 1. The molecule has 8 nitrogen and oxygen atoms in total. The molecule has 2 atom stereocenters. The highest BCUT2D eigenvalue weighted by Gasteiger charge is 2.64. The van der Waals surface area contributed by atoms with Crippen molar-refractivity contribution in [2.24, 2.45) is 18.4 Å². The van der Waals surface area contributed by atoms with E-state index in [0.29, 0.717) is 17.4 Å². The second kappa shape index (κ2) is 7.63. The van der Waals surface area contributed by atoms with Gasteiger partial charge in [0.2, 0.25) is 5.91 Å². The van der Waals surface area contributed by atoms with Gasteiger partial charge in [0.25, 0.3) is 0 Å². The van der Waals surface area contributed by atoms with Gasteiger partial charge in [-0.1, -0.05) is 30.3 Å². The number of hydrogen-bond acceptors (Lipinski definition) is 6. The molecule has 34 heavy (non-hydrogen) atoms. The number of carbonyl (C=O) groups is 1. The van der Waals surface area contributed by atoms with Crippen LogP contribution in [0, 0.1) is 11.3 Å². The van der Waals surface area contributed by atoms with Crippen molar-refractivity contribution in [3.63, 3.8) is 0 Å². The van der Waals surface area contributed by atoms with Gasteiger partial charge in [-0.05, 0) is 25.5 Å². The Hall–Kier alpha value is -3.78. The molecule has 2 unspecified atom stereocenters. The van der Waals surface area contributed by atoms with Gasteiger partial charge in [-0.3, -0.25) is 9.48 Å². The summed E-state index contributed by atoms with van der Waals surface area (Å²) in [6, 6.07) is 13.8. The standard InChI is InChI=1S/C26H26N6O2/c1-31-12-17-11-26(17,14-31)25(33)29-21-9-18-20(10-22(21)34-3)27-15-28-24(18)19-13-32(2)30-23(19)16-7-5-4-6-8-16/h4-10,13,15,17H,11-12,14H2,1-3H3,(H,29,33). The average Bonchev–Trinajstić information content (AvgIpc) is 3.21. The molecule has 6 rings (SSSR count). The third-order valence-electron chi connectivity index (χ3n) is 7.10. The Bertz CT molecular complexity index is 1420. The summed E-state index contributed by atoms with van der Waals surface area (Å²) in [5.41, 5.74) is 4.62. The van der Waals surface area contributed by atoms with Gasteiger partial charge in [-0.25, -0.2) is 9.97 Å². The van der Waals surface area contributed by atoms with Crippen molar-refractivity contribution in [1.82, 2.24) is 24.6 Å². The summed E-state index contributed by atoms with van der Waals surface area (Å²) < 4.78 is 7.42. The molecule has 8 heteroatoms. The lowest BCUT2D eigenvalue weighted by Gasteiger charge is -2.18. The lowest BCUT2D eigenvalue weighted by Crippen LogP contribution is -2.30. The molecule has 0 radical (unpaired) electrons. The Balaban J connectivity index is 1.45. The number of amides is 1. The second-order valence-electron chi connectivity index (χ2n) is 9.43. The first-order valence-electron chi connectivity index (χ1n) is 11.4. The van der Waals surface area contributed by atoms with Crippen molar-refractivity contribution in [3.8, 4) is 28.3 Å². The summed E-state index contributed by atoms with van der Waals surface area (Å²) in [6.45, 7) is 1.77. The van der Waals surface area contributed by atoms with Gasteiger partial charge in [0, 0.05) is 48.9 Å². The Morgan fingerprint density at radius 3 is 2.71 bits per heavy atom. The van der Waals surface area contributed by atoms with Crippen molar-refractivity contribution in [2.75, 3.05) is 32.6 Å². The highest BCUT2D eigenvalue weighted by Crippen LogP contribution is 2.58. The lowest BCUT2D eigenvalue weighted by molar-refractivity contribution is -0.121. The molecule has 2 aliphatic rings. The maximum Gasteiger partial charge on any atom is 0.232 e. The number of benzene rings is 2. The predicted molar refractivity (Wildman–Crippen MR) is 130 cm³/mol. The van der Waals surface area contributed by atoms with Crippen molar-refractivity contribution >= 4 is 22.5 Å². The number of aryl methyl sites for hydroxylation is 1. The minimum atomic E-state index is -0.283. The number of anilines is 1. The van der Waals surface area contributed by atoms with Gasteiger partial charge < -0.3 is 15.0 Å². The molecule has 0 bridgehead atoms. The number of rotatable bonds is 5. The molecule has 1 saturated carbocycles. The molecule has 2 fully saturated rings. The fraction of sp³-hybridized carbons (Fsp3) is 0.308. The molecule has 3 heterocycles. The first-order valence-corrected chi connectivity index (χ1v) is 11.4. The van der Waals surface area contributed by atoms with Crippen LogP contribution in [0.2, 0.25) is 0 Å². The van der Waals surface area contributed by atoms with E-state index in [1.807, 2.05) is 55.7 Å². The molecule has 1 amide bonds. The molecular weight excluding hydrogens is 428 g/mol. The molecule has 2 aromatic heterocycles. The van der Waals surface area contributed by atoms with Crippen LogP contribution in [0.5, 0.6) is 5.75 Å². The van der Waals surface area contributed by atoms with Crippen LogP contribution in [0.3, 0.4) is 0 Å². The molecule has 0 spiro atoms. The Labute approximate surface area is 197 Å². The van der Waals surface area contributed by atoms with Gasteiger partial charge in [-0.15, -0.1) is 0 Å². The monoisotopic (exact) mass is 454 g/mol. The Kier molecular flexibility index (Phi) is 4.67. The number of likely N-dealkylation sites (tertiary alicyclic amines) is 1. The van der Waals surface area contributed by atoms with Gasteiger partial charge in [-0.2, -0.15) is 5.10 Å². The summed E-state index contributed by atoms with van der Waals surface area (Å²) in [7, 11) is 5.58. The summed E-state index contributed by atoms with van der Waals surface area (Å²) in [4.78, 5) is 24.6. The van der Waals surface area contributed by atoms with Gasteiger partial charge >= 0.3 is 0 Å². The van der Waals surface area contributed by atoms with E-state index in [0.717, 1.165) is 52.9 Å². The van der Waals surface area contributed by atoms with Crippen LogP contribution >= 0.6 is 0 Å². The summed E-state index contributed by atoms with van der Waals surface area (Å²) in [6.07, 6.45) is 4.47. The fourth-order valence-corrected chi connectivity index (χ4v) is 5.37. The molecular formula is C26H26N6O2. The number of nitrogens with one attached hydrogen (secondary N) is 1. The lowest BCUT2D eigenvalue weighted by atomic mass is 10.0. The van der Waals surface area contributed by atoms with E-state index < -0.39 is 0 Å². The Morgan fingerprint density at radius 1 is 1.15 bits per heavy atom. The van der Waals surface area contributed by atoms with Crippen LogP contribution < -0.4 is 10.1 Å². The normalized spacial score (nSPS) is 21.4. The Morgan fingerprint density at radius 2 is 1.97 bits per heavy atom. The topological polar surface area (TPSA) is 85.2 Å². The fourth-order valence-electron chi connectivity index (χ4n) is 5.37. The van der Waals surface area contributed by atoms with E-state index in [2.05, 4.69) is 27.2 Å². The van der Waals surface area contributed by atoms with E-state index >= 15 is 0 Å². The zero-order chi connectivity index (χ0) is 23.4. The highest BCUT2D eigenvalue weighted by atomic mass is 16.5. The number of hydrogen-bond donors (Lipinski definition) is 1. The molecule has 1 saturated heterocycles. The summed E-state index contributed by atoms with van der Waals surface area (Å²) in [5.74, 6) is 1.08. The van der Waals surface area contributed by atoms with Gasteiger partial charge in [0.05, 0.1) is 29.4 Å². The maximum atomic E-state index is 13.3. The third kappa shape index (κ3) is 3.25. The summed E-state index contributed by atoms with van der Waals surface area (Å²) in [5, 5.41) is 8.69. The van der Waals surface area contributed by atoms with Crippen molar-refractivity contribution in [1.29, 1.82) is 0 Å². The van der Waals surface area contributed by atoms with Crippen molar-refractivity contribution < 1.29 is 9.53 Å². The number of aromatic nitrogens is 4. The number of fused-ring (bicyclic) bond motifs is 2. The number of nitrogens with zero attached hydrogens (tertiary/aromatic N) is 5. The predicted octanol–water partition coefficient (Wildman–Crippen LogP) is 3.60. The number of piperidine rings is 1. The minimum absolute atomic E-state index is 0.0595. The average molecular weight is 455 g/mol. The van der Waals surface area contributed by atoms with Crippen LogP contribution in [-0.2, 0) is 11.8 Å². The second-order valence-corrected chi connectivity index (χ2v) is 9.43. The van der Waals surface area contributed by atoms with E-state index in [4.69, 9.17) is 9.84 Å².